The first kappa shape index (κ1) is 16.5. The third-order valence-electron chi connectivity index (χ3n) is 3.64. The molecule has 0 heterocycles. The van der Waals surface area contributed by atoms with E-state index in [1.807, 2.05) is 18.2 Å². The molecule has 1 atom stereocenters. The lowest BCUT2D eigenvalue weighted by Gasteiger charge is -2.24. The molecule has 0 aliphatic rings. The maximum atomic E-state index is 11.2. The number of hydrogen-bond acceptors (Lipinski definition) is 3. The highest BCUT2D eigenvalue weighted by Crippen LogP contribution is 2.26. The van der Waals surface area contributed by atoms with Gasteiger partial charge in [-0.25, -0.2) is 0 Å². The lowest BCUT2D eigenvalue weighted by molar-refractivity contribution is -0.144. The van der Waals surface area contributed by atoms with Crippen molar-refractivity contribution in [3.05, 3.63) is 29.8 Å². The molecule has 0 spiro atoms. The Bertz CT molecular complexity index is 445. The zero-order valence-corrected chi connectivity index (χ0v) is 12.8. The van der Waals surface area contributed by atoms with E-state index in [4.69, 9.17) is 9.84 Å². The van der Waals surface area contributed by atoms with Crippen molar-refractivity contribution >= 4 is 5.97 Å². The lowest BCUT2D eigenvalue weighted by atomic mass is 9.96. The summed E-state index contributed by atoms with van der Waals surface area (Å²) < 4.78 is 5.80. The fraction of sp³-hybridized carbons (Fsp3) is 0.562. The van der Waals surface area contributed by atoms with E-state index in [1.54, 1.807) is 14.0 Å². The van der Waals surface area contributed by atoms with Crippen LogP contribution >= 0.6 is 0 Å². The number of rotatable bonds is 8. The molecule has 0 aromatic heterocycles. The molecule has 0 radical (unpaired) electrons. The zero-order chi connectivity index (χ0) is 15.2. The highest BCUT2D eigenvalue weighted by Gasteiger charge is 2.30. The minimum absolute atomic E-state index is 0.410. The van der Waals surface area contributed by atoms with Crippen molar-refractivity contribution in [2.24, 2.45) is 0 Å². The van der Waals surface area contributed by atoms with Gasteiger partial charge in [-0.3, -0.25) is 4.79 Å². The Labute approximate surface area is 121 Å². The summed E-state index contributed by atoms with van der Waals surface area (Å²) in [6, 6.07) is 7.99. The Hall–Kier alpha value is -1.55. The molecule has 1 aromatic rings. The number of ether oxygens (including phenoxy) is 1. The molecular weight excluding hydrogens is 254 g/mol. The van der Waals surface area contributed by atoms with Gasteiger partial charge in [-0.05, 0) is 44.4 Å². The summed E-state index contributed by atoms with van der Waals surface area (Å²) in [7, 11) is 1.67. The highest BCUT2D eigenvalue weighted by atomic mass is 16.5. The number of benzene rings is 1. The largest absolute Gasteiger partial charge is 0.493 e. The normalized spacial score (nSPS) is 14.1. The first-order valence-electron chi connectivity index (χ1n) is 7.04. The lowest BCUT2D eigenvalue weighted by Crippen LogP contribution is -2.47. The van der Waals surface area contributed by atoms with Crippen molar-refractivity contribution in [2.75, 3.05) is 13.7 Å². The summed E-state index contributed by atoms with van der Waals surface area (Å²) in [5, 5.41) is 12.0. The third-order valence-corrected chi connectivity index (χ3v) is 3.64. The van der Waals surface area contributed by atoms with Crippen LogP contribution in [0.2, 0.25) is 0 Å². The molecule has 20 heavy (non-hydrogen) atoms. The summed E-state index contributed by atoms with van der Waals surface area (Å²) in [5.74, 6) is 0.472. The molecule has 0 aliphatic heterocycles. The van der Waals surface area contributed by atoms with Crippen LogP contribution in [-0.4, -0.2) is 30.3 Å². The molecule has 0 amide bonds. The standard InChI is InChI=1S/C16H25NO3/c1-12(2)13-8-5-6-9-14(13)20-11-7-10-16(3,17-4)15(18)19/h5-6,8-9,12,17H,7,10-11H2,1-4H3,(H,18,19). The molecule has 1 unspecified atom stereocenters. The summed E-state index contributed by atoms with van der Waals surface area (Å²) in [5.41, 5.74) is 0.295. The first-order valence-corrected chi connectivity index (χ1v) is 7.04. The molecular formula is C16H25NO3. The molecule has 0 aliphatic carbocycles. The number of aliphatic carboxylic acids is 1. The van der Waals surface area contributed by atoms with Gasteiger partial charge < -0.3 is 15.2 Å². The van der Waals surface area contributed by atoms with Gasteiger partial charge in [-0.1, -0.05) is 32.0 Å². The van der Waals surface area contributed by atoms with Crippen LogP contribution in [0.15, 0.2) is 24.3 Å². The number of carboxylic acid groups (broad SMARTS) is 1. The quantitative estimate of drug-likeness (QED) is 0.718. The SMILES string of the molecule is CNC(C)(CCCOc1ccccc1C(C)C)C(=O)O. The monoisotopic (exact) mass is 279 g/mol. The molecule has 0 fully saturated rings. The van der Waals surface area contributed by atoms with Crippen molar-refractivity contribution in [3.63, 3.8) is 0 Å². The summed E-state index contributed by atoms with van der Waals surface area (Å²) in [4.78, 5) is 11.2. The van der Waals surface area contributed by atoms with E-state index in [0.29, 0.717) is 25.4 Å². The maximum absolute atomic E-state index is 11.2. The van der Waals surface area contributed by atoms with Gasteiger partial charge in [0.1, 0.15) is 11.3 Å². The Morgan fingerprint density at radius 3 is 2.60 bits per heavy atom. The van der Waals surface area contributed by atoms with E-state index >= 15 is 0 Å². The van der Waals surface area contributed by atoms with E-state index in [-0.39, 0.29) is 0 Å². The topological polar surface area (TPSA) is 58.6 Å². The molecule has 0 saturated heterocycles. The highest BCUT2D eigenvalue weighted by molar-refractivity contribution is 5.78. The second kappa shape index (κ2) is 7.29. The third kappa shape index (κ3) is 4.23. The fourth-order valence-corrected chi connectivity index (χ4v) is 2.04. The molecule has 2 N–H and O–H groups in total. The number of likely N-dealkylation sites (N-methyl/N-ethyl adjacent to an activating group) is 1. The number of carbonyl (C=O) groups is 1. The maximum Gasteiger partial charge on any atom is 0.323 e. The molecule has 0 saturated carbocycles. The van der Waals surface area contributed by atoms with Crippen LogP contribution in [0.3, 0.4) is 0 Å². The van der Waals surface area contributed by atoms with Crippen LogP contribution in [-0.2, 0) is 4.79 Å². The van der Waals surface area contributed by atoms with E-state index in [1.165, 1.54) is 5.56 Å². The van der Waals surface area contributed by atoms with Gasteiger partial charge in [-0.2, -0.15) is 0 Å². The molecule has 1 rings (SSSR count). The molecule has 4 nitrogen and oxygen atoms in total. The number of carboxylic acids is 1. The average Bonchev–Trinajstić information content (AvgIpc) is 2.43. The molecule has 1 aromatic carbocycles. The van der Waals surface area contributed by atoms with Crippen molar-refractivity contribution in [3.8, 4) is 5.75 Å². The van der Waals surface area contributed by atoms with E-state index < -0.39 is 11.5 Å². The number of hydrogen-bond donors (Lipinski definition) is 2. The predicted molar refractivity (Wildman–Crippen MR) is 80.4 cm³/mol. The Morgan fingerprint density at radius 2 is 2.05 bits per heavy atom. The van der Waals surface area contributed by atoms with E-state index in [0.717, 1.165) is 5.75 Å². The van der Waals surface area contributed by atoms with Gasteiger partial charge in [0.05, 0.1) is 6.61 Å². The number of nitrogens with one attached hydrogen (secondary N) is 1. The van der Waals surface area contributed by atoms with Crippen LogP contribution in [0.25, 0.3) is 0 Å². The van der Waals surface area contributed by atoms with Gasteiger partial charge >= 0.3 is 5.97 Å². The Balaban J connectivity index is 2.52. The van der Waals surface area contributed by atoms with Gasteiger partial charge in [-0.15, -0.1) is 0 Å². The van der Waals surface area contributed by atoms with Gasteiger partial charge in [0.2, 0.25) is 0 Å². The van der Waals surface area contributed by atoms with Gasteiger partial charge in [0.25, 0.3) is 0 Å². The minimum atomic E-state index is -0.888. The summed E-state index contributed by atoms with van der Waals surface area (Å²) in [6.07, 6.45) is 1.22. The molecule has 4 heteroatoms. The fourth-order valence-electron chi connectivity index (χ4n) is 2.04. The van der Waals surface area contributed by atoms with Crippen molar-refractivity contribution < 1.29 is 14.6 Å². The summed E-state index contributed by atoms with van der Waals surface area (Å²) in [6.45, 7) is 6.47. The second-order valence-corrected chi connectivity index (χ2v) is 5.53. The van der Waals surface area contributed by atoms with Gasteiger partial charge in [0.15, 0.2) is 0 Å². The van der Waals surface area contributed by atoms with Crippen LogP contribution in [0.5, 0.6) is 5.75 Å². The minimum Gasteiger partial charge on any atom is -0.493 e. The van der Waals surface area contributed by atoms with Crippen molar-refractivity contribution in [2.45, 2.75) is 45.1 Å². The number of para-hydroxylation sites is 1. The van der Waals surface area contributed by atoms with E-state index in [2.05, 4.69) is 25.2 Å². The van der Waals surface area contributed by atoms with Crippen LogP contribution < -0.4 is 10.1 Å². The summed E-state index contributed by atoms with van der Waals surface area (Å²) >= 11 is 0. The Morgan fingerprint density at radius 1 is 1.40 bits per heavy atom. The van der Waals surface area contributed by atoms with Gasteiger partial charge in [0, 0.05) is 0 Å². The van der Waals surface area contributed by atoms with Crippen molar-refractivity contribution in [1.29, 1.82) is 0 Å². The van der Waals surface area contributed by atoms with Crippen LogP contribution in [0.4, 0.5) is 0 Å². The first-order chi connectivity index (χ1) is 9.40. The van der Waals surface area contributed by atoms with E-state index in [9.17, 15) is 4.79 Å². The van der Waals surface area contributed by atoms with Crippen molar-refractivity contribution in [1.82, 2.24) is 5.32 Å². The molecule has 112 valence electrons. The van der Waals surface area contributed by atoms with Crippen LogP contribution in [0, 0.1) is 0 Å². The average molecular weight is 279 g/mol. The molecule has 0 bridgehead atoms. The van der Waals surface area contributed by atoms with Crippen LogP contribution in [0.1, 0.15) is 45.1 Å². The second-order valence-electron chi connectivity index (χ2n) is 5.53. The zero-order valence-electron chi connectivity index (χ0n) is 12.8. The predicted octanol–water partition coefficient (Wildman–Crippen LogP) is 3.03. The Kier molecular flexibility index (Phi) is 6.02. The smallest absolute Gasteiger partial charge is 0.323 e.